The van der Waals surface area contributed by atoms with Crippen molar-refractivity contribution in [2.45, 2.75) is 25.3 Å². The third kappa shape index (κ3) is 7.56. The standard InChI is InChI=1S/C29H27N3O7S2/c1-3-38-28(35)26-20(2)30-29(40-26)32(18-21-10-6-4-7-11-21)25(33)19-39-27(34)22-14-16-24(17-15-22)41(36,37)31-23-12-8-5-9-13-23/h4-17,31H,3,18-19H2,1-2H3. The van der Waals surface area contributed by atoms with Crippen molar-refractivity contribution >= 4 is 50.0 Å². The lowest BCUT2D eigenvalue weighted by Crippen LogP contribution is -2.34. The Kier molecular flexibility index (Phi) is 9.48. The van der Waals surface area contributed by atoms with E-state index in [0.29, 0.717) is 11.4 Å². The van der Waals surface area contributed by atoms with E-state index in [9.17, 15) is 22.8 Å². The lowest BCUT2D eigenvalue weighted by Gasteiger charge is -2.20. The zero-order valence-corrected chi connectivity index (χ0v) is 23.9. The molecule has 3 aromatic carbocycles. The molecule has 1 N–H and O–H groups in total. The van der Waals surface area contributed by atoms with Crippen molar-refractivity contribution in [2.75, 3.05) is 22.8 Å². The summed E-state index contributed by atoms with van der Waals surface area (Å²) in [7, 11) is -3.87. The van der Waals surface area contributed by atoms with Crippen LogP contribution in [0.2, 0.25) is 0 Å². The highest BCUT2D eigenvalue weighted by Gasteiger charge is 2.25. The molecule has 0 aliphatic heterocycles. The molecule has 41 heavy (non-hydrogen) atoms. The van der Waals surface area contributed by atoms with Gasteiger partial charge in [0.1, 0.15) is 4.88 Å². The number of esters is 2. The predicted octanol–water partition coefficient (Wildman–Crippen LogP) is 4.82. The SMILES string of the molecule is CCOC(=O)c1sc(N(Cc2ccccc2)C(=O)COC(=O)c2ccc(S(=O)(=O)Nc3ccccc3)cc2)nc1C. The first-order valence-corrected chi connectivity index (χ1v) is 14.8. The number of thiazole rings is 1. The number of sulfonamides is 1. The van der Waals surface area contributed by atoms with Crippen LogP contribution in [0.1, 0.15) is 38.2 Å². The van der Waals surface area contributed by atoms with E-state index in [-0.39, 0.29) is 33.6 Å². The highest BCUT2D eigenvalue weighted by molar-refractivity contribution is 7.92. The average Bonchev–Trinajstić information content (AvgIpc) is 3.36. The Morgan fingerprint density at radius 3 is 2.15 bits per heavy atom. The van der Waals surface area contributed by atoms with Crippen molar-refractivity contribution in [3.05, 3.63) is 107 Å². The summed E-state index contributed by atoms with van der Waals surface area (Å²) in [6.45, 7) is 3.08. The van der Waals surface area contributed by atoms with E-state index in [0.717, 1.165) is 16.9 Å². The second kappa shape index (κ2) is 13.2. The van der Waals surface area contributed by atoms with Crippen LogP contribution in [0.3, 0.4) is 0 Å². The first kappa shape index (κ1) is 29.4. The van der Waals surface area contributed by atoms with E-state index >= 15 is 0 Å². The van der Waals surface area contributed by atoms with E-state index in [4.69, 9.17) is 9.47 Å². The molecule has 4 rings (SSSR count). The maximum atomic E-state index is 13.3. The van der Waals surface area contributed by atoms with Crippen LogP contribution in [0.15, 0.2) is 89.8 Å². The molecule has 0 bridgehead atoms. The molecule has 0 spiro atoms. The van der Waals surface area contributed by atoms with Gasteiger partial charge in [0.05, 0.1) is 29.3 Å². The number of carbonyl (C=O) groups excluding carboxylic acids is 3. The molecule has 1 heterocycles. The lowest BCUT2D eigenvalue weighted by molar-refractivity contribution is -0.121. The summed E-state index contributed by atoms with van der Waals surface area (Å²) in [6, 6.07) is 22.8. The number of hydrogen-bond donors (Lipinski definition) is 1. The van der Waals surface area contributed by atoms with Crippen LogP contribution in [0, 0.1) is 6.92 Å². The fourth-order valence-electron chi connectivity index (χ4n) is 3.69. The molecular weight excluding hydrogens is 566 g/mol. The Morgan fingerprint density at radius 1 is 0.878 bits per heavy atom. The zero-order chi connectivity index (χ0) is 29.4. The molecular formula is C29H27N3O7S2. The largest absolute Gasteiger partial charge is 0.462 e. The lowest BCUT2D eigenvalue weighted by atomic mass is 10.2. The number of nitrogens with one attached hydrogen (secondary N) is 1. The number of rotatable bonds is 11. The summed E-state index contributed by atoms with van der Waals surface area (Å²) in [4.78, 5) is 44.3. The Labute approximate surface area is 241 Å². The first-order chi connectivity index (χ1) is 19.7. The van der Waals surface area contributed by atoms with Gasteiger partial charge >= 0.3 is 11.9 Å². The average molecular weight is 594 g/mol. The minimum atomic E-state index is -3.87. The number of aryl methyl sites for hydroxylation is 1. The maximum absolute atomic E-state index is 13.3. The molecule has 0 unspecified atom stereocenters. The molecule has 12 heteroatoms. The number of aromatic nitrogens is 1. The summed E-state index contributed by atoms with van der Waals surface area (Å²) < 4.78 is 38.1. The van der Waals surface area contributed by atoms with E-state index < -0.39 is 34.5 Å². The van der Waals surface area contributed by atoms with Crippen LogP contribution >= 0.6 is 11.3 Å². The molecule has 0 radical (unpaired) electrons. The molecule has 0 saturated heterocycles. The first-order valence-electron chi connectivity index (χ1n) is 12.5. The van der Waals surface area contributed by atoms with Crippen molar-refractivity contribution in [3.8, 4) is 0 Å². The summed E-state index contributed by atoms with van der Waals surface area (Å²) in [5.74, 6) is -1.89. The van der Waals surface area contributed by atoms with E-state index in [2.05, 4.69) is 9.71 Å². The van der Waals surface area contributed by atoms with Gasteiger partial charge in [-0.1, -0.05) is 59.9 Å². The number of nitrogens with zero attached hydrogens (tertiary/aromatic N) is 2. The number of amides is 1. The monoisotopic (exact) mass is 593 g/mol. The van der Waals surface area contributed by atoms with Crippen LogP contribution in [-0.4, -0.2) is 44.5 Å². The second-order valence-electron chi connectivity index (χ2n) is 8.67. The molecule has 0 saturated carbocycles. The highest BCUT2D eigenvalue weighted by atomic mass is 32.2. The molecule has 10 nitrogen and oxygen atoms in total. The summed E-state index contributed by atoms with van der Waals surface area (Å²) >= 11 is 1.01. The van der Waals surface area contributed by atoms with Crippen LogP contribution in [0.5, 0.6) is 0 Å². The topological polar surface area (TPSA) is 132 Å². The van der Waals surface area contributed by atoms with Crippen molar-refractivity contribution in [1.82, 2.24) is 4.98 Å². The van der Waals surface area contributed by atoms with Gasteiger partial charge in [0, 0.05) is 5.69 Å². The maximum Gasteiger partial charge on any atom is 0.350 e. The predicted molar refractivity (Wildman–Crippen MR) is 154 cm³/mol. The number of hydrogen-bond acceptors (Lipinski definition) is 9. The van der Waals surface area contributed by atoms with Gasteiger partial charge in [0.2, 0.25) is 0 Å². The Hall–Kier alpha value is -4.55. The summed E-state index contributed by atoms with van der Waals surface area (Å²) in [5.41, 5.74) is 1.70. The molecule has 1 aromatic heterocycles. The number of carbonyl (C=O) groups is 3. The second-order valence-corrected chi connectivity index (χ2v) is 11.3. The van der Waals surface area contributed by atoms with Crippen LogP contribution < -0.4 is 9.62 Å². The summed E-state index contributed by atoms with van der Waals surface area (Å²) in [5, 5.41) is 0.260. The molecule has 0 aliphatic carbocycles. The van der Waals surface area contributed by atoms with Crippen molar-refractivity contribution in [3.63, 3.8) is 0 Å². The minimum absolute atomic E-state index is 0.0421. The summed E-state index contributed by atoms with van der Waals surface area (Å²) in [6.07, 6.45) is 0. The van der Waals surface area contributed by atoms with Gasteiger partial charge < -0.3 is 9.47 Å². The minimum Gasteiger partial charge on any atom is -0.462 e. The van der Waals surface area contributed by atoms with Gasteiger partial charge in [-0.15, -0.1) is 0 Å². The quantitative estimate of drug-likeness (QED) is 0.245. The highest BCUT2D eigenvalue weighted by Crippen LogP contribution is 2.28. The third-order valence-corrected chi connectivity index (χ3v) is 8.27. The number of benzene rings is 3. The molecule has 1 amide bonds. The number of anilines is 2. The van der Waals surface area contributed by atoms with Gasteiger partial charge in [0.15, 0.2) is 11.7 Å². The van der Waals surface area contributed by atoms with Gasteiger partial charge in [-0.3, -0.25) is 14.4 Å². The zero-order valence-electron chi connectivity index (χ0n) is 22.3. The van der Waals surface area contributed by atoms with Crippen molar-refractivity contribution < 1.29 is 32.3 Å². The Morgan fingerprint density at radius 2 is 1.51 bits per heavy atom. The molecule has 0 atom stereocenters. The van der Waals surface area contributed by atoms with Crippen LogP contribution in [-0.2, 0) is 30.8 Å². The Bertz CT molecular complexity index is 1620. The third-order valence-electron chi connectivity index (χ3n) is 5.71. The normalized spacial score (nSPS) is 11.0. The van der Waals surface area contributed by atoms with Gasteiger partial charge in [-0.25, -0.2) is 23.0 Å². The van der Waals surface area contributed by atoms with Gasteiger partial charge in [-0.05, 0) is 55.8 Å². The number of ether oxygens (including phenoxy) is 2. The molecule has 0 fully saturated rings. The smallest absolute Gasteiger partial charge is 0.350 e. The fourth-order valence-corrected chi connectivity index (χ4v) is 5.73. The van der Waals surface area contributed by atoms with E-state index in [1.165, 1.54) is 29.2 Å². The van der Waals surface area contributed by atoms with Crippen LogP contribution in [0.25, 0.3) is 0 Å². The van der Waals surface area contributed by atoms with E-state index in [1.807, 2.05) is 30.3 Å². The van der Waals surface area contributed by atoms with Crippen molar-refractivity contribution in [1.29, 1.82) is 0 Å². The molecule has 0 aliphatic rings. The molecule has 4 aromatic rings. The van der Waals surface area contributed by atoms with E-state index in [1.54, 1.807) is 44.2 Å². The molecule has 212 valence electrons. The van der Waals surface area contributed by atoms with Crippen molar-refractivity contribution in [2.24, 2.45) is 0 Å². The van der Waals surface area contributed by atoms with Gasteiger partial charge in [-0.2, -0.15) is 0 Å². The Balaban J connectivity index is 1.46. The van der Waals surface area contributed by atoms with Gasteiger partial charge in [0.25, 0.3) is 15.9 Å². The van der Waals surface area contributed by atoms with Crippen LogP contribution in [0.4, 0.5) is 10.8 Å². The number of para-hydroxylation sites is 1. The fraction of sp³-hybridized carbons (Fsp3) is 0.172.